The number of nitriles is 1. The minimum absolute atomic E-state index is 0.179. The van der Waals surface area contributed by atoms with Crippen molar-refractivity contribution in [2.45, 2.75) is 25.5 Å². The van der Waals surface area contributed by atoms with Gasteiger partial charge in [-0.1, -0.05) is 30.3 Å². The van der Waals surface area contributed by atoms with E-state index in [1.807, 2.05) is 30.3 Å². The Hall–Kier alpha value is -2.06. The van der Waals surface area contributed by atoms with Crippen LogP contribution in [0.2, 0.25) is 0 Å². The van der Waals surface area contributed by atoms with E-state index in [2.05, 4.69) is 11.4 Å². The van der Waals surface area contributed by atoms with Gasteiger partial charge in [-0.2, -0.15) is 5.26 Å². The fourth-order valence-electron chi connectivity index (χ4n) is 1.44. The number of hydrogen-bond acceptors (Lipinski definition) is 4. The number of carbonyl (C=O) groups is 1. The van der Waals surface area contributed by atoms with Crippen molar-refractivity contribution < 1.29 is 14.3 Å². The predicted octanol–water partition coefficient (Wildman–Crippen LogP) is 2.23. The maximum atomic E-state index is 11.6. The Morgan fingerprint density at radius 2 is 2.11 bits per heavy atom. The van der Waals surface area contributed by atoms with Crippen molar-refractivity contribution in [2.75, 3.05) is 13.7 Å². The molecule has 5 heteroatoms. The van der Waals surface area contributed by atoms with E-state index in [1.165, 1.54) is 0 Å². The third kappa shape index (κ3) is 5.40. The molecule has 0 aliphatic rings. The molecule has 0 aromatic heterocycles. The highest BCUT2D eigenvalue weighted by Crippen LogP contribution is 2.09. The van der Waals surface area contributed by atoms with Crippen LogP contribution in [0, 0.1) is 11.3 Å². The maximum Gasteiger partial charge on any atom is 0.408 e. The van der Waals surface area contributed by atoms with Gasteiger partial charge in [-0.05, 0) is 12.5 Å². The second kappa shape index (κ2) is 7.39. The normalized spacial score (nSPS) is 13.1. The van der Waals surface area contributed by atoms with Crippen LogP contribution in [0.25, 0.3) is 0 Å². The van der Waals surface area contributed by atoms with Crippen molar-refractivity contribution >= 4 is 6.09 Å². The lowest BCUT2D eigenvalue weighted by Gasteiger charge is -2.22. The van der Waals surface area contributed by atoms with Gasteiger partial charge in [-0.15, -0.1) is 0 Å². The van der Waals surface area contributed by atoms with Gasteiger partial charge in [-0.25, -0.2) is 4.79 Å². The minimum atomic E-state index is -0.982. The van der Waals surface area contributed by atoms with E-state index in [4.69, 9.17) is 14.7 Å². The number of nitrogens with one attached hydrogen (secondary N) is 1. The van der Waals surface area contributed by atoms with Crippen LogP contribution in [0.1, 0.15) is 18.9 Å². The predicted molar refractivity (Wildman–Crippen MR) is 70.3 cm³/mol. The van der Waals surface area contributed by atoms with E-state index in [9.17, 15) is 4.79 Å². The lowest BCUT2D eigenvalue weighted by Crippen LogP contribution is -2.45. The van der Waals surface area contributed by atoms with E-state index in [0.717, 1.165) is 5.56 Å². The zero-order valence-electron chi connectivity index (χ0n) is 11.2. The van der Waals surface area contributed by atoms with Crippen LogP contribution in [0.3, 0.4) is 0 Å². The molecule has 19 heavy (non-hydrogen) atoms. The van der Waals surface area contributed by atoms with E-state index in [0.29, 0.717) is 13.0 Å². The fraction of sp³-hybridized carbons (Fsp3) is 0.429. The number of nitrogens with zero attached hydrogens (tertiary/aromatic N) is 1. The summed E-state index contributed by atoms with van der Waals surface area (Å²) in [7, 11) is 1.55. The van der Waals surface area contributed by atoms with Gasteiger partial charge in [-0.3, -0.25) is 0 Å². The number of carbonyl (C=O) groups excluding carboxylic acids is 1. The Kier molecular flexibility index (Phi) is 5.83. The van der Waals surface area contributed by atoms with Gasteiger partial charge in [0.15, 0.2) is 0 Å². The molecule has 0 fully saturated rings. The summed E-state index contributed by atoms with van der Waals surface area (Å²) in [5.74, 6) is 0. The standard InChI is InChI=1S/C14H18N2O3/c1-14(11-15,8-9-18-2)16-13(17)19-10-12-6-4-3-5-7-12/h3-7H,8-10H2,1-2H3,(H,16,17). The summed E-state index contributed by atoms with van der Waals surface area (Å²) in [6.45, 7) is 2.21. The molecule has 1 aromatic carbocycles. The first-order valence-corrected chi connectivity index (χ1v) is 5.99. The molecule has 0 saturated carbocycles. The van der Waals surface area contributed by atoms with Gasteiger partial charge < -0.3 is 14.8 Å². The third-order valence-electron chi connectivity index (χ3n) is 2.64. The minimum Gasteiger partial charge on any atom is -0.445 e. The number of alkyl carbamates (subject to hydrolysis) is 1. The molecule has 1 amide bonds. The molecule has 0 heterocycles. The average Bonchev–Trinajstić information content (AvgIpc) is 2.44. The van der Waals surface area contributed by atoms with Crippen LogP contribution in [-0.2, 0) is 16.1 Å². The van der Waals surface area contributed by atoms with Crippen molar-refractivity contribution in [3.8, 4) is 6.07 Å². The van der Waals surface area contributed by atoms with Gasteiger partial charge in [0.05, 0.1) is 6.07 Å². The zero-order valence-corrected chi connectivity index (χ0v) is 11.2. The van der Waals surface area contributed by atoms with E-state index in [1.54, 1.807) is 14.0 Å². The largest absolute Gasteiger partial charge is 0.445 e. The summed E-state index contributed by atoms with van der Waals surface area (Å²) in [6, 6.07) is 11.4. The number of rotatable bonds is 6. The summed E-state index contributed by atoms with van der Waals surface area (Å²) in [5, 5.41) is 11.6. The second-order valence-electron chi connectivity index (χ2n) is 4.37. The molecular weight excluding hydrogens is 244 g/mol. The molecular formula is C14H18N2O3. The topological polar surface area (TPSA) is 71.3 Å². The average molecular weight is 262 g/mol. The third-order valence-corrected chi connectivity index (χ3v) is 2.64. The number of ether oxygens (including phenoxy) is 2. The molecule has 1 atom stereocenters. The highest BCUT2D eigenvalue weighted by atomic mass is 16.5. The fourth-order valence-corrected chi connectivity index (χ4v) is 1.44. The van der Waals surface area contributed by atoms with Crippen molar-refractivity contribution in [2.24, 2.45) is 0 Å². The first-order valence-electron chi connectivity index (χ1n) is 5.99. The molecule has 0 radical (unpaired) electrons. The molecule has 5 nitrogen and oxygen atoms in total. The van der Waals surface area contributed by atoms with E-state index < -0.39 is 11.6 Å². The number of hydrogen-bond donors (Lipinski definition) is 1. The summed E-state index contributed by atoms with van der Waals surface area (Å²) >= 11 is 0. The van der Waals surface area contributed by atoms with Crippen LogP contribution >= 0.6 is 0 Å². The number of benzene rings is 1. The molecule has 0 aliphatic heterocycles. The Labute approximate surface area is 113 Å². The van der Waals surface area contributed by atoms with Crippen molar-refractivity contribution in [1.82, 2.24) is 5.32 Å². The SMILES string of the molecule is COCCC(C)(C#N)NC(=O)OCc1ccccc1. The van der Waals surface area contributed by atoms with Gasteiger partial charge >= 0.3 is 6.09 Å². The molecule has 1 unspecified atom stereocenters. The lowest BCUT2D eigenvalue weighted by atomic mass is 10.0. The summed E-state index contributed by atoms with van der Waals surface area (Å²) in [4.78, 5) is 11.6. The molecule has 102 valence electrons. The highest BCUT2D eigenvalue weighted by Gasteiger charge is 2.26. The molecule has 0 saturated heterocycles. The Morgan fingerprint density at radius 1 is 1.42 bits per heavy atom. The Morgan fingerprint density at radius 3 is 2.68 bits per heavy atom. The second-order valence-corrected chi connectivity index (χ2v) is 4.37. The van der Waals surface area contributed by atoms with Crippen LogP contribution in [-0.4, -0.2) is 25.3 Å². The maximum absolute atomic E-state index is 11.6. The molecule has 1 rings (SSSR count). The Bertz CT molecular complexity index is 442. The smallest absolute Gasteiger partial charge is 0.408 e. The van der Waals surface area contributed by atoms with Gasteiger partial charge in [0, 0.05) is 20.1 Å². The van der Waals surface area contributed by atoms with Crippen molar-refractivity contribution in [1.29, 1.82) is 5.26 Å². The summed E-state index contributed by atoms with van der Waals surface area (Å²) < 4.78 is 9.97. The highest BCUT2D eigenvalue weighted by molar-refractivity contribution is 5.68. The van der Waals surface area contributed by atoms with Gasteiger partial charge in [0.25, 0.3) is 0 Å². The molecule has 0 aliphatic carbocycles. The molecule has 1 aromatic rings. The summed E-state index contributed by atoms with van der Waals surface area (Å²) in [5.41, 5.74) is -0.0859. The molecule has 0 bridgehead atoms. The molecule has 0 spiro atoms. The van der Waals surface area contributed by atoms with Crippen LogP contribution in [0.15, 0.2) is 30.3 Å². The Balaban J connectivity index is 2.43. The van der Waals surface area contributed by atoms with Gasteiger partial charge in [0.2, 0.25) is 0 Å². The molecule has 1 N–H and O–H groups in total. The monoisotopic (exact) mass is 262 g/mol. The first-order chi connectivity index (χ1) is 9.09. The quantitative estimate of drug-likeness (QED) is 0.853. The van der Waals surface area contributed by atoms with E-state index >= 15 is 0 Å². The zero-order chi connectivity index (χ0) is 14.1. The number of amides is 1. The number of methoxy groups -OCH3 is 1. The van der Waals surface area contributed by atoms with Crippen LogP contribution in [0.4, 0.5) is 4.79 Å². The van der Waals surface area contributed by atoms with E-state index in [-0.39, 0.29) is 6.61 Å². The van der Waals surface area contributed by atoms with Crippen LogP contribution in [0.5, 0.6) is 0 Å². The van der Waals surface area contributed by atoms with Crippen LogP contribution < -0.4 is 5.32 Å². The summed E-state index contributed by atoms with van der Waals surface area (Å²) in [6.07, 6.45) is -0.204. The van der Waals surface area contributed by atoms with Crippen molar-refractivity contribution in [3.05, 3.63) is 35.9 Å². The lowest BCUT2D eigenvalue weighted by molar-refractivity contribution is 0.125. The first kappa shape index (κ1) is 15.0. The van der Waals surface area contributed by atoms with Gasteiger partial charge in [0.1, 0.15) is 12.1 Å². The van der Waals surface area contributed by atoms with Crippen molar-refractivity contribution in [3.63, 3.8) is 0 Å².